The lowest BCUT2D eigenvalue weighted by Crippen LogP contribution is -2.23. The Morgan fingerprint density at radius 2 is 1.38 bits per heavy atom. The number of carbonyl (C=O) groups is 3. The van der Waals surface area contributed by atoms with Crippen LogP contribution in [0, 0.1) is 0 Å². The summed E-state index contributed by atoms with van der Waals surface area (Å²) < 4.78 is 6.65. The number of rotatable bonds is 9. The summed E-state index contributed by atoms with van der Waals surface area (Å²) in [6, 6.07) is 33.6. The van der Waals surface area contributed by atoms with Crippen molar-refractivity contribution < 1.29 is 19.1 Å². The van der Waals surface area contributed by atoms with Crippen LogP contribution >= 0.6 is 0 Å². The van der Waals surface area contributed by atoms with Crippen LogP contribution in [0.5, 0.6) is 5.75 Å². The predicted octanol–water partition coefficient (Wildman–Crippen LogP) is 5.29. The number of nitrogens with one attached hydrogen (secondary N) is 2. The standard InChI is InChI=1S/C32H26N4O4/c1-40-27-18-16-26(17-19-27)36-29(20-28(35-36)31(38)33-21-22-8-4-2-5-9-22)32(39)34-25-14-12-24(13-15-25)30(37)23-10-6-3-7-11-23/h2-20H,21H2,1H3,(H,33,38)(H,34,39). The van der Waals surface area contributed by atoms with Crippen molar-refractivity contribution in [2.45, 2.75) is 6.54 Å². The van der Waals surface area contributed by atoms with E-state index in [1.54, 1.807) is 67.8 Å². The van der Waals surface area contributed by atoms with E-state index >= 15 is 0 Å². The molecule has 0 atom stereocenters. The molecule has 0 saturated carbocycles. The molecule has 0 aliphatic heterocycles. The zero-order chi connectivity index (χ0) is 27.9. The number of anilines is 1. The fraction of sp³-hybridized carbons (Fsp3) is 0.0625. The molecule has 8 heteroatoms. The molecular weight excluding hydrogens is 504 g/mol. The number of aromatic nitrogens is 2. The molecule has 2 amide bonds. The van der Waals surface area contributed by atoms with E-state index < -0.39 is 11.8 Å². The molecular formula is C32H26N4O4. The number of nitrogens with zero attached hydrogens (tertiary/aromatic N) is 2. The lowest BCUT2D eigenvalue weighted by molar-refractivity contribution is 0.0944. The van der Waals surface area contributed by atoms with Gasteiger partial charge >= 0.3 is 0 Å². The van der Waals surface area contributed by atoms with Gasteiger partial charge in [0.05, 0.1) is 12.8 Å². The van der Waals surface area contributed by atoms with E-state index in [0.717, 1.165) is 5.56 Å². The van der Waals surface area contributed by atoms with Gasteiger partial charge in [-0.15, -0.1) is 0 Å². The molecule has 0 bridgehead atoms. The first-order valence-corrected chi connectivity index (χ1v) is 12.6. The topological polar surface area (TPSA) is 102 Å². The van der Waals surface area contributed by atoms with Gasteiger partial charge in [0.15, 0.2) is 11.5 Å². The lowest BCUT2D eigenvalue weighted by Gasteiger charge is -2.10. The third-order valence-corrected chi connectivity index (χ3v) is 6.23. The van der Waals surface area contributed by atoms with Gasteiger partial charge in [-0.2, -0.15) is 5.10 Å². The van der Waals surface area contributed by atoms with Gasteiger partial charge in [0.2, 0.25) is 0 Å². The highest BCUT2D eigenvalue weighted by Crippen LogP contribution is 2.20. The number of ketones is 1. The molecule has 4 aromatic carbocycles. The second-order valence-corrected chi connectivity index (χ2v) is 8.92. The molecule has 0 fully saturated rings. The van der Waals surface area contributed by atoms with Crippen LogP contribution in [0.4, 0.5) is 5.69 Å². The SMILES string of the molecule is COc1ccc(-n2nc(C(=O)NCc3ccccc3)cc2C(=O)Nc2ccc(C(=O)c3ccccc3)cc2)cc1. The molecule has 40 heavy (non-hydrogen) atoms. The minimum Gasteiger partial charge on any atom is -0.497 e. The molecule has 0 radical (unpaired) electrons. The van der Waals surface area contributed by atoms with Gasteiger partial charge in [0, 0.05) is 29.4 Å². The third kappa shape index (κ3) is 5.97. The van der Waals surface area contributed by atoms with Crippen molar-refractivity contribution in [3.8, 4) is 11.4 Å². The Morgan fingerprint density at radius 3 is 2.02 bits per heavy atom. The number of methoxy groups -OCH3 is 1. The van der Waals surface area contributed by atoms with Crippen LogP contribution in [0.3, 0.4) is 0 Å². The molecule has 2 N–H and O–H groups in total. The summed E-state index contributed by atoms with van der Waals surface area (Å²) in [6.45, 7) is 0.324. The van der Waals surface area contributed by atoms with Gasteiger partial charge in [-0.25, -0.2) is 4.68 Å². The Balaban J connectivity index is 1.38. The Bertz CT molecular complexity index is 1630. The third-order valence-electron chi connectivity index (χ3n) is 6.23. The van der Waals surface area contributed by atoms with Crippen LogP contribution in [0.1, 0.15) is 42.5 Å². The molecule has 1 aromatic heterocycles. The minimum absolute atomic E-state index is 0.0979. The van der Waals surface area contributed by atoms with Crippen LogP contribution in [0.25, 0.3) is 5.69 Å². The maximum Gasteiger partial charge on any atom is 0.274 e. The van der Waals surface area contributed by atoms with Crippen LogP contribution in [0.2, 0.25) is 0 Å². The summed E-state index contributed by atoms with van der Waals surface area (Å²) in [4.78, 5) is 39.0. The zero-order valence-corrected chi connectivity index (χ0v) is 21.7. The summed E-state index contributed by atoms with van der Waals surface area (Å²) in [5.74, 6) is -0.336. The summed E-state index contributed by atoms with van der Waals surface area (Å²) >= 11 is 0. The number of ether oxygens (including phenoxy) is 1. The summed E-state index contributed by atoms with van der Waals surface area (Å²) in [5.41, 5.74) is 3.37. The van der Waals surface area contributed by atoms with Crippen LogP contribution in [-0.2, 0) is 6.54 Å². The Labute approximate surface area is 231 Å². The molecule has 0 aliphatic carbocycles. The van der Waals surface area contributed by atoms with Crippen molar-refractivity contribution in [1.82, 2.24) is 15.1 Å². The van der Waals surface area contributed by atoms with Gasteiger partial charge in [-0.3, -0.25) is 14.4 Å². The molecule has 0 saturated heterocycles. The number of carbonyl (C=O) groups excluding carboxylic acids is 3. The molecule has 0 aliphatic rings. The zero-order valence-electron chi connectivity index (χ0n) is 21.7. The number of hydrogen-bond acceptors (Lipinski definition) is 5. The average Bonchev–Trinajstić information content (AvgIpc) is 3.47. The average molecular weight is 531 g/mol. The van der Waals surface area contributed by atoms with E-state index in [-0.39, 0.29) is 17.2 Å². The van der Waals surface area contributed by atoms with Gasteiger partial charge < -0.3 is 15.4 Å². The number of amides is 2. The lowest BCUT2D eigenvalue weighted by atomic mass is 10.0. The second kappa shape index (κ2) is 11.9. The Morgan fingerprint density at radius 1 is 0.750 bits per heavy atom. The highest BCUT2D eigenvalue weighted by Gasteiger charge is 2.21. The molecule has 0 spiro atoms. The number of hydrogen-bond donors (Lipinski definition) is 2. The van der Waals surface area contributed by atoms with E-state index in [4.69, 9.17) is 4.74 Å². The largest absolute Gasteiger partial charge is 0.497 e. The van der Waals surface area contributed by atoms with E-state index in [9.17, 15) is 14.4 Å². The second-order valence-electron chi connectivity index (χ2n) is 8.92. The monoisotopic (exact) mass is 530 g/mol. The number of benzene rings is 4. The normalized spacial score (nSPS) is 10.5. The van der Waals surface area contributed by atoms with Crippen molar-refractivity contribution in [3.63, 3.8) is 0 Å². The van der Waals surface area contributed by atoms with Gasteiger partial charge in [-0.05, 0) is 54.1 Å². The van der Waals surface area contributed by atoms with Gasteiger partial charge in [-0.1, -0.05) is 60.7 Å². The van der Waals surface area contributed by atoms with Crippen molar-refractivity contribution in [3.05, 3.63) is 143 Å². The van der Waals surface area contributed by atoms with E-state index in [1.165, 1.54) is 10.7 Å². The van der Waals surface area contributed by atoms with Crippen molar-refractivity contribution >= 4 is 23.3 Å². The first-order valence-electron chi connectivity index (χ1n) is 12.6. The summed E-state index contributed by atoms with van der Waals surface area (Å²) in [6.07, 6.45) is 0. The summed E-state index contributed by atoms with van der Waals surface area (Å²) in [7, 11) is 1.57. The predicted molar refractivity (Wildman–Crippen MR) is 152 cm³/mol. The highest BCUT2D eigenvalue weighted by molar-refractivity contribution is 6.09. The van der Waals surface area contributed by atoms with Crippen molar-refractivity contribution in [2.75, 3.05) is 12.4 Å². The maximum absolute atomic E-state index is 13.4. The fourth-order valence-electron chi connectivity index (χ4n) is 4.10. The van der Waals surface area contributed by atoms with Crippen LogP contribution in [-0.4, -0.2) is 34.5 Å². The quantitative estimate of drug-likeness (QED) is 0.252. The molecule has 5 rings (SSSR count). The smallest absolute Gasteiger partial charge is 0.274 e. The molecule has 5 aromatic rings. The van der Waals surface area contributed by atoms with Crippen molar-refractivity contribution in [2.24, 2.45) is 0 Å². The Hall–Kier alpha value is -5.50. The molecule has 198 valence electrons. The summed E-state index contributed by atoms with van der Waals surface area (Å²) in [5, 5.41) is 10.1. The molecule has 8 nitrogen and oxygen atoms in total. The fourth-order valence-corrected chi connectivity index (χ4v) is 4.10. The van der Waals surface area contributed by atoms with E-state index in [1.807, 2.05) is 48.5 Å². The minimum atomic E-state index is -0.465. The van der Waals surface area contributed by atoms with Gasteiger partial charge in [0.1, 0.15) is 11.4 Å². The maximum atomic E-state index is 13.4. The highest BCUT2D eigenvalue weighted by atomic mass is 16.5. The molecule has 0 unspecified atom stereocenters. The first kappa shape index (κ1) is 26.1. The van der Waals surface area contributed by atoms with Crippen LogP contribution < -0.4 is 15.4 Å². The van der Waals surface area contributed by atoms with E-state index in [2.05, 4.69) is 15.7 Å². The van der Waals surface area contributed by atoms with Crippen molar-refractivity contribution in [1.29, 1.82) is 0 Å². The Kier molecular flexibility index (Phi) is 7.78. The van der Waals surface area contributed by atoms with E-state index in [0.29, 0.717) is 34.8 Å². The first-order chi connectivity index (χ1) is 19.5. The van der Waals surface area contributed by atoms with Crippen LogP contribution in [0.15, 0.2) is 115 Å². The molecule has 1 heterocycles. The van der Waals surface area contributed by atoms with Gasteiger partial charge in [0.25, 0.3) is 11.8 Å².